The average Bonchev–Trinajstić information content (AvgIpc) is 2.82. The van der Waals surface area contributed by atoms with Gasteiger partial charge in [0.15, 0.2) is 0 Å². The first kappa shape index (κ1) is 17.9. The van der Waals surface area contributed by atoms with Gasteiger partial charge in [-0.2, -0.15) is 0 Å². The largest absolute Gasteiger partial charge is 0.352 e. The first-order chi connectivity index (χ1) is 12.3. The quantitative estimate of drug-likeness (QED) is 0.873. The van der Waals surface area contributed by atoms with Crippen LogP contribution in [-0.4, -0.2) is 38.1 Å². The summed E-state index contributed by atoms with van der Waals surface area (Å²) in [6, 6.07) is 11.9. The summed E-state index contributed by atoms with van der Waals surface area (Å²) < 4.78 is 25.1. The zero-order valence-electron chi connectivity index (χ0n) is 14.2. The summed E-state index contributed by atoms with van der Waals surface area (Å²) >= 11 is 0. The van der Waals surface area contributed by atoms with Crippen LogP contribution < -0.4 is 5.32 Å². The van der Waals surface area contributed by atoms with E-state index in [-0.39, 0.29) is 21.9 Å². The second-order valence-electron chi connectivity index (χ2n) is 5.94. The molecule has 134 valence electrons. The molecule has 0 saturated carbocycles. The maximum absolute atomic E-state index is 12.3. The lowest BCUT2D eigenvalue weighted by Crippen LogP contribution is -2.26. The van der Waals surface area contributed by atoms with Crippen LogP contribution in [-0.2, 0) is 16.4 Å². The Kier molecular flexibility index (Phi) is 4.65. The van der Waals surface area contributed by atoms with Gasteiger partial charge in [0.25, 0.3) is 21.8 Å². The van der Waals surface area contributed by atoms with E-state index >= 15 is 0 Å². The van der Waals surface area contributed by atoms with Crippen LogP contribution in [0, 0.1) is 0 Å². The van der Waals surface area contributed by atoms with Gasteiger partial charge in [0, 0.05) is 19.2 Å². The number of carbonyl (C=O) groups excluding carboxylic acids is 2. The molecule has 0 saturated heterocycles. The standard InChI is InChI=1S/C19H18N2O4S/c1-3-13-4-6-14(7-5-13)10-11-20-18(22)15-8-9-16-17(12-15)26(24,25)21(2)19(16)23/h3-9,12H,1,10-11H2,2H3,(H,20,22). The first-order valence-corrected chi connectivity index (χ1v) is 9.45. The van der Waals surface area contributed by atoms with Crippen LogP contribution in [0.15, 0.2) is 53.9 Å². The van der Waals surface area contributed by atoms with Gasteiger partial charge in [0.1, 0.15) is 4.90 Å². The molecule has 26 heavy (non-hydrogen) atoms. The summed E-state index contributed by atoms with van der Waals surface area (Å²) in [4.78, 5) is 24.1. The third-order valence-corrected chi connectivity index (χ3v) is 6.09. The van der Waals surface area contributed by atoms with Gasteiger partial charge >= 0.3 is 0 Å². The van der Waals surface area contributed by atoms with Crippen molar-refractivity contribution in [1.82, 2.24) is 9.62 Å². The molecule has 3 rings (SSSR count). The van der Waals surface area contributed by atoms with Gasteiger partial charge < -0.3 is 5.32 Å². The second kappa shape index (κ2) is 6.76. The second-order valence-corrected chi connectivity index (χ2v) is 7.88. The monoisotopic (exact) mass is 370 g/mol. The third kappa shape index (κ3) is 3.13. The SMILES string of the molecule is C=Cc1ccc(CCNC(=O)c2ccc3c(c2)S(=O)(=O)N(C)C3=O)cc1. The molecule has 2 aromatic carbocycles. The van der Waals surface area contributed by atoms with Gasteiger partial charge in [0.2, 0.25) is 0 Å². The van der Waals surface area contributed by atoms with Crippen LogP contribution in [0.4, 0.5) is 0 Å². The van der Waals surface area contributed by atoms with Crippen molar-refractivity contribution in [2.45, 2.75) is 11.3 Å². The maximum atomic E-state index is 12.3. The van der Waals surface area contributed by atoms with Gasteiger partial charge in [-0.05, 0) is 35.7 Å². The molecule has 1 aliphatic heterocycles. The number of rotatable bonds is 5. The Balaban J connectivity index is 1.68. The van der Waals surface area contributed by atoms with E-state index in [0.29, 0.717) is 17.3 Å². The van der Waals surface area contributed by atoms with Crippen LogP contribution in [0.25, 0.3) is 6.08 Å². The van der Waals surface area contributed by atoms with Crippen LogP contribution in [0.2, 0.25) is 0 Å². The van der Waals surface area contributed by atoms with E-state index in [1.165, 1.54) is 25.2 Å². The molecule has 7 heteroatoms. The molecule has 1 aliphatic rings. The van der Waals surface area contributed by atoms with Crippen molar-refractivity contribution in [2.75, 3.05) is 13.6 Å². The van der Waals surface area contributed by atoms with E-state index in [1.807, 2.05) is 24.3 Å². The zero-order valence-corrected chi connectivity index (χ0v) is 15.0. The van der Waals surface area contributed by atoms with Crippen LogP contribution in [0.3, 0.4) is 0 Å². The van der Waals surface area contributed by atoms with Gasteiger partial charge in [0.05, 0.1) is 5.56 Å². The summed E-state index contributed by atoms with van der Waals surface area (Å²) in [5.41, 5.74) is 2.39. The molecule has 0 unspecified atom stereocenters. The number of sulfonamides is 1. The predicted octanol–water partition coefficient (Wildman–Crippen LogP) is 2.08. The highest BCUT2D eigenvalue weighted by Gasteiger charge is 2.38. The molecule has 2 aromatic rings. The van der Waals surface area contributed by atoms with E-state index in [1.54, 1.807) is 6.08 Å². The van der Waals surface area contributed by atoms with E-state index in [4.69, 9.17) is 0 Å². The fourth-order valence-electron chi connectivity index (χ4n) is 2.72. The number of amides is 2. The smallest absolute Gasteiger partial charge is 0.268 e. The Labute approximate surface area is 152 Å². The number of nitrogens with zero attached hydrogens (tertiary/aromatic N) is 1. The Morgan fingerprint density at radius 1 is 1.19 bits per heavy atom. The van der Waals surface area contributed by atoms with E-state index in [2.05, 4.69) is 11.9 Å². The predicted molar refractivity (Wildman–Crippen MR) is 98.3 cm³/mol. The van der Waals surface area contributed by atoms with Crippen molar-refractivity contribution in [3.63, 3.8) is 0 Å². The van der Waals surface area contributed by atoms with E-state index < -0.39 is 15.9 Å². The Hall–Kier alpha value is -2.93. The van der Waals surface area contributed by atoms with Crippen LogP contribution in [0.5, 0.6) is 0 Å². The number of fused-ring (bicyclic) bond motifs is 1. The molecule has 1 heterocycles. The summed E-state index contributed by atoms with van der Waals surface area (Å²) in [6.07, 6.45) is 2.41. The highest BCUT2D eigenvalue weighted by Crippen LogP contribution is 2.29. The number of hydrogen-bond acceptors (Lipinski definition) is 4. The van der Waals surface area contributed by atoms with Gasteiger partial charge in [-0.3, -0.25) is 9.59 Å². The molecule has 0 atom stereocenters. The molecule has 2 amide bonds. The molecule has 0 fully saturated rings. The minimum absolute atomic E-state index is 0.0892. The van der Waals surface area contributed by atoms with Crippen LogP contribution in [0.1, 0.15) is 31.8 Å². The first-order valence-electron chi connectivity index (χ1n) is 8.01. The molecule has 0 aromatic heterocycles. The van der Waals surface area contributed by atoms with Crippen molar-refractivity contribution >= 4 is 27.9 Å². The zero-order chi connectivity index (χ0) is 18.9. The lowest BCUT2D eigenvalue weighted by molar-refractivity contribution is 0.0889. The Bertz CT molecular complexity index is 995. The molecular formula is C19H18N2O4S. The topological polar surface area (TPSA) is 83.6 Å². The molecule has 0 radical (unpaired) electrons. The number of hydrogen-bond donors (Lipinski definition) is 1. The molecule has 0 bridgehead atoms. The van der Waals surface area contributed by atoms with E-state index in [9.17, 15) is 18.0 Å². The molecule has 6 nitrogen and oxygen atoms in total. The molecule has 1 N–H and O–H groups in total. The number of nitrogens with one attached hydrogen (secondary N) is 1. The number of carbonyl (C=O) groups is 2. The van der Waals surface area contributed by atoms with Crippen molar-refractivity contribution in [2.24, 2.45) is 0 Å². The fourth-order valence-corrected chi connectivity index (χ4v) is 4.04. The van der Waals surface area contributed by atoms with Crippen molar-refractivity contribution in [3.05, 3.63) is 71.3 Å². The third-order valence-electron chi connectivity index (χ3n) is 4.31. The van der Waals surface area contributed by atoms with E-state index in [0.717, 1.165) is 11.1 Å². The fraction of sp³-hybridized carbons (Fsp3) is 0.158. The number of benzene rings is 2. The summed E-state index contributed by atoms with van der Waals surface area (Å²) in [7, 11) is -2.66. The van der Waals surface area contributed by atoms with Crippen molar-refractivity contribution in [3.8, 4) is 0 Å². The minimum Gasteiger partial charge on any atom is -0.352 e. The summed E-state index contributed by atoms with van der Waals surface area (Å²) in [5.74, 6) is -0.970. The van der Waals surface area contributed by atoms with Gasteiger partial charge in [-0.1, -0.05) is 36.9 Å². The molecule has 0 aliphatic carbocycles. The minimum atomic E-state index is -3.86. The van der Waals surface area contributed by atoms with Crippen molar-refractivity contribution in [1.29, 1.82) is 0 Å². The normalized spacial score (nSPS) is 14.8. The lowest BCUT2D eigenvalue weighted by atomic mass is 10.1. The Morgan fingerprint density at radius 3 is 2.54 bits per heavy atom. The lowest BCUT2D eigenvalue weighted by Gasteiger charge is -2.07. The highest BCUT2D eigenvalue weighted by atomic mass is 32.2. The van der Waals surface area contributed by atoms with Crippen molar-refractivity contribution < 1.29 is 18.0 Å². The highest BCUT2D eigenvalue weighted by molar-refractivity contribution is 7.90. The average molecular weight is 370 g/mol. The van der Waals surface area contributed by atoms with Gasteiger partial charge in [-0.15, -0.1) is 0 Å². The van der Waals surface area contributed by atoms with Gasteiger partial charge in [-0.25, -0.2) is 12.7 Å². The maximum Gasteiger partial charge on any atom is 0.268 e. The molecule has 0 spiro atoms. The summed E-state index contributed by atoms with van der Waals surface area (Å²) in [5, 5.41) is 2.76. The Morgan fingerprint density at radius 2 is 1.88 bits per heavy atom. The summed E-state index contributed by atoms with van der Waals surface area (Å²) in [6.45, 7) is 4.11. The molecular weight excluding hydrogens is 352 g/mol. The van der Waals surface area contributed by atoms with Crippen LogP contribution >= 0.6 is 0 Å².